The van der Waals surface area contributed by atoms with Crippen LogP contribution in [0, 0.1) is 5.92 Å². The Morgan fingerprint density at radius 3 is 2.35 bits per heavy atom. The van der Waals surface area contributed by atoms with E-state index >= 15 is 0 Å². The minimum absolute atomic E-state index is 0.525. The zero-order valence-corrected chi connectivity index (χ0v) is 12.9. The molecule has 0 bridgehead atoms. The van der Waals surface area contributed by atoms with E-state index < -0.39 is 0 Å². The molecule has 2 aliphatic rings. The van der Waals surface area contributed by atoms with Gasteiger partial charge in [-0.1, -0.05) is 30.3 Å². The topological polar surface area (TPSA) is 15.3 Å². The Hall–Kier alpha value is -0.860. The van der Waals surface area contributed by atoms with E-state index in [9.17, 15) is 0 Å². The second kappa shape index (κ2) is 6.28. The average molecular weight is 272 g/mol. The molecule has 20 heavy (non-hydrogen) atoms. The van der Waals surface area contributed by atoms with Crippen LogP contribution in [0.2, 0.25) is 0 Å². The summed E-state index contributed by atoms with van der Waals surface area (Å²) >= 11 is 0. The lowest BCUT2D eigenvalue weighted by Crippen LogP contribution is -2.41. The molecule has 2 aliphatic carbocycles. The Balaban J connectivity index is 1.73. The minimum atomic E-state index is 0.525. The number of benzene rings is 1. The van der Waals surface area contributed by atoms with Crippen molar-refractivity contribution in [3.63, 3.8) is 0 Å². The van der Waals surface area contributed by atoms with Crippen molar-refractivity contribution in [2.24, 2.45) is 5.92 Å². The molecule has 0 heterocycles. The monoisotopic (exact) mass is 272 g/mol. The van der Waals surface area contributed by atoms with E-state index in [1.807, 2.05) is 0 Å². The van der Waals surface area contributed by atoms with Crippen LogP contribution in [0.4, 0.5) is 0 Å². The standard InChI is InChI=1S/C18H28N2/c1-14(2)20(13-15-8-9-15)18(12-19-17-10-11-17)16-6-4-3-5-7-16/h3-7,14-15,17-19H,8-13H2,1-2H3. The van der Waals surface area contributed by atoms with Crippen molar-refractivity contribution in [1.29, 1.82) is 0 Å². The molecule has 2 saturated carbocycles. The van der Waals surface area contributed by atoms with Gasteiger partial charge in [-0.05, 0) is 51.0 Å². The molecule has 3 rings (SSSR count). The Morgan fingerprint density at radius 1 is 1.10 bits per heavy atom. The molecule has 1 aromatic rings. The maximum atomic E-state index is 3.74. The Morgan fingerprint density at radius 2 is 1.80 bits per heavy atom. The highest BCUT2D eigenvalue weighted by Gasteiger charge is 2.31. The second-order valence-electron chi connectivity index (χ2n) is 6.84. The summed E-state index contributed by atoms with van der Waals surface area (Å²) in [5.41, 5.74) is 1.47. The number of hydrogen-bond donors (Lipinski definition) is 1. The van der Waals surface area contributed by atoms with Crippen LogP contribution in [-0.2, 0) is 0 Å². The fourth-order valence-electron chi connectivity index (χ4n) is 2.96. The van der Waals surface area contributed by atoms with Crippen LogP contribution in [0.5, 0.6) is 0 Å². The van der Waals surface area contributed by atoms with Crippen LogP contribution in [0.25, 0.3) is 0 Å². The molecule has 1 N–H and O–H groups in total. The molecule has 0 aliphatic heterocycles. The van der Waals surface area contributed by atoms with Crippen LogP contribution in [0.1, 0.15) is 51.1 Å². The third-order valence-corrected chi connectivity index (χ3v) is 4.59. The summed E-state index contributed by atoms with van der Waals surface area (Å²) in [7, 11) is 0. The number of rotatable bonds is 8. The molecule has 1 unspecified atom stereocenters. The average Bonchev–Trinajstić information content (AvgIpc) is 3.34. The summed E-state index contributed by atoms with van der Waals surface area (Å²) in [5, 5.41) is 3.74. The van der Waals surface area contributed by atoms with Crippen molar-refractivity contribution < 1.29 is 0 Å². The van der Waals surface area contributed by atoms with Gasteiger partial charge in [0.2, 0.25) is 0 Å². The van der Waals surface area contributed by atoms with Gasteiger partial charge in [-0.25, -0.2) is 0 Å². The number of hydrogen-bond acceptors (Lipinski definition) is 2. The van der Waals surface area contributed by atoms with Crippen molar-refractivity contribution in [1.82, 2.24) is 10.2 Å². The van der Waals surface area contributed by atoms with Crippen LogP contribution < -0.4 is 5.32 Å². The summed E-state index contributed by atoms with van der Waals surface area (Å²) in [6.07, 6.45) is 5.60. The number of nitrogens with one attached hydrogen (secondary N) is 1. The first kappa shape index (κ1) is 14.1. The summed E-state index contributed by atoms with van der Waals surface area (Å²) in [6.45, 7) is 7.05. The zero-order valence-electron chi connectivity index (χ0n) is 12.9. The predicted octanol–water partition coefficient (Wildman–Crippen LogP) is 3.60. The number of nitrogens with zero attached hydrogens (tertiary/aromatic N) is 1. The highest BCUT2D eigenvalue weighted by atomic mass is 15.2. The molecular formula is C18H28N2. The van der Waals surface area contributed by atoms with Gasteiger partial charge in [0.1, 0.15) is 0 Å². The second-order valence-corrected chi connectivity index (χ2v) is 6.84. The Labute approximate surface area is 123 Å². The van der Waals surface area contributed by atoms with E-state index in [1.165, 1.54) is 37.8 Å². The summed E-state index contributed by atoms with van der Waals surface area (Å²) < 4.78 is 0. The lowest BCUT2D eigenvalue weighted by atomic mass is 10.0. The molecule has 2 nitrogen and oxygen atoms in total. The van der Waals surface area contributed by atoms with Gasteiger partial charge >= 0.3 is 0 Å². The van der Waals surface area contributed by atoms with E-state index in [-0.39, 0.29) is 0 Å². The fourth-order valence-corrected chi connectivity index (χ4v) is 2.96. The summed E-state index contributed by atoms with van der Waals surface area (Å²) in [5.74, 6) is 0.949. The first-order valence-electron chi connectivity index (χ1n) is 8.28. The molecule has 1 aromatic carbocycles. The molecule has 110 valence electrons. The fraction of sp³-hybridized carbons (Fsp3) is 0.667. The molecule has 2 heteroatoms. The van der Waals surface area contributed by atoms with Crippen molar-refractivity contribution in [3.05, 3.63) is 35.9 Å². The van der Waals surface area contributed by atoms with E-state index in [2.05, 4.69) is 54.4 Å². The lowest BCUT2D eigenvalue weighted by Gasteiger charge is -2.36. The maximum absolute atomic E-state index is 3.74. The van der Waals surface area contributed by atoms with Gasteiger partial charge < -0.3 is 5.32 Å². The molecule has 0 radical (unpaired) electrons. The van der Waals surface area contributed by atoms with Crippen molar-refractivity contribution in [2.45, 2.75) is 57.7 Å². The van der Waals surface area contributed by atoms with Crippen LogP contribution >= 0.6 is 0 Å². The van der Waals surface area contributed by atoms with Crippen LogP contribution in [-0.4, -0.2) is 30.1 Å². The van der Waals surface area contributed by atoms with E-state index in [1.54, 1.807) is 0 Å². The van der Waals surface area contributed by atoms with Crippen LogP contribution in [0.3, 0.4) is 0 Å². The smallest absolute Gasteiger partial charge is 0.0475 e. The quantitative estimate of drug-likeness (QED) is 0.778. The van der Waals surface area contributed by atoms with E-state index in [4.69, 9.17) is 0 Å². The lowest BCUT2D eigenvalue weighted by molar-refractivity contribution is 0.142. The Kier molecular flexibility index (Phi) is 4.42. The first-order valence-corrected chi connectivity index (χ1v) is 8.28. The third kappa shape index (κ3) is 3.83. The van der Waals surface area contributed by atoms with E-state index in [0.29, 0.717) is 12.1 Å². The zero-order chi connectivity index (χ0) is 13.9. The minimum Gasteiger partial charge on any atom is -0.312 e. The Bertz CT molecular complexity index is 407. The van der Waals surface area contributed by atoms with Crippen LogP contribution in [0.15, 0.2) is 30.3 Å². The van der Waals surface area contributed by atoms with Gasteiger partial charge in [-0.15, -0.1) is 0 Å². The van der Waals surface area contributed by atoms with Crippen molar-refractivity contribution >= 4 is 0 Å². The molecule has 2 fully saturated rings. The van der Waals surface area contributed by atoms with Gasteiger partial charge in [0.05, 0.1) is 0 Å². The predicted molar refractivity (Wildman–Crippen MR) is 84.8 cm³/mol. The molecular weight excluding hydrogens is 244 g/mol. The van der Waals surface area contributed by atoms with Crippen molar-refractivity contribution in [3.8, 4) is 0 Å². The first-order chi connectivity index (χ1) is 9.74. The van der Waals surface area contributed by atoms with Gasteiger partial charge in [0, 0.05) is 31.2 Å². The van der Waals surface area contributed by atoms with Gasteiger partial charge in [-0.2, -0.15) is 0 Å². The van der Waals surface area contributed by atoms with Crippen molar-refractivity contribution in [2.75, 3.05) is 13.1 Å². The van der Waals surface area contributed by atoms with E-state index in [0.717, 1.165) is 18.5 Å². The highest BCUT2D eigenvalue weighted by Crippen LogP contribution is 2.34. The SMILES string of the molecule is CC(C)N(CC1CC1)C(CNC1CC1)c1ccccc1. The molecule has 0 aromatic heterocycles. The largest absolute Gasteiger partial charge is 0.312 e. The van der Waals surface area contributed by atoms with Gasteiger partial charge in [-0.3, -0.25) is 4.90 Å². The summed E-state index contributed by atoms with van der Waals surface area (Å²) in [4.78, 5) is 2.71. The third-order valence-electron chi connectivity index (χ3n) is 4.59. The maximum Gasteiger partial charge on any atom is 0.0475 e. The molecule has 0 amide bonds. The normalized spacial score (nSPS) is 20.6. The molecule has 1 atom stereocenters. The highest BCUT2D eigenvalue weighted by molar-refractivity contribution is 5.20. The molecule has 0 spiro atoms. The van der Waals surface area contributed by atoms with Gasteiger partial charge in [0.15, 0.2) is 0 Å². The summed E-state index contributed by atoms with van der Waals surface area (Å²) in [6, 6.07) is 13.0. The molecule has 0 saturated heterocycles. The van der Waals surface area contributed by atoms with Gasteiger partial charge in [0.25, 0.3) is 0 Å².